The monoisotopic (exact) mass is 1290 g/mol. The van der Waals surface area contributed by atoms with E-state index in [0.717, 1.165) is 95.6 Å². The van der Waals surface area contributed by atoms with Crippen LogP contribution in [0.15, 0.2) is 249 Å². The van der Waals surface area contributed by atoms with Gasteiger partial charge in [-0.25, -0.2) is 4.98 Å². The van der Waals surface area contributed by atoms with Crippen LogP contribution in [-0.4, -0.2) is 16.2 Å². The van der Waals surface area contributed by atoms with Gasteiger partial charge in [0.2, 0.25) is 0 Å². The highest BCUT2D eigenvalue weighted by molar-refractivity contribution is 6.10. The summed E-state index contributed by atoms with van der Waals surface area (Å²) < 4.78 is 16.2. The van der Waals surface area contributed by atoms with Gasteiger partial charge in [0.1, 0.15) is 35.5 Å². The molecule has 11 aromatic carbocycles. The van der Waals surface area contributed by atoms with Crippen LogP contribution in [0.1, 0.15) is 154 Å². The second kappa shape index (κ2) is 22.8. The molecule has 1 aliphatic carbocycles. The number of nitrogens with zero attached hydrogens (tertiary/aromatic N) is 4. The molecule has 0 bridgehead atoms. The van der Waals surface area contributed by atoms with Gasteiger partial charge in [-0.1, -0.05) is 256 Å². The van der Waals surface area contributed by atoms with E-state index in [-0.39, 0.29) is 27.1 Å². The summed E-state index contributed by atoms with van der Waals surface area (Å²) >= 11 is 0. The van der Waals surface area contributed by atoms with Crippen LogP contribution in [0.5, 0.6) is 23.0 Å². The number of hydrogen-bond donors (Lipinski definition) is 0. The van der Waals surface area contributed by atoms with Crippen LogP contribution in [-0.2, 0) is 32.5 Å². The van der Waals surface area contributed by atoms with Crippen LogP contribution in [0.3, 0.4) is 0 Å². The fourth-order valence-corrected chi connectivity index (χ4v) is 15.8. The van der Waals surface area contributed by atoms with Gasteiger partial charge in [-0.15, -0.1) is 0 Å². The third-order valence-corrected chi connectivity index (χ3v) is 21.1. The van der Waals surface area contributed by atoms with E-state index in [4.69, 9.17) is 14.5 Å². The van der Waals surface area contributed by atoms with Crippen LogP contribution in [0.2, 0.25) is 0 Å². The topological polar surface area (TPSA) is 42.8 Å². The normalized spacial score (nSPS) is 14.1. The molecule has 0 amide bonds. The molecule has 4 heterocycles. The van der Waals surface area contributed by atoms with Crippen molar-refractivity contribution in [1.29, 1.82) is 0 Å². The molecule has 16 rings (SSSR count). The lowest BCUT2D eigenvalue weighted by Crippen LogP contribution is -2.32. The van der Waals surface area contributed by atoms with Crippen molar-refractivity contribution in [3.63, 3.8) is 0 Å². The average molecular weight is 1290 g/mol. The molecule has 0 saturated carbocycles. The van der Waals surface area contributed by atoms with Crippen molar-refractivity contribution >= 4 is 44.6 Å². The number of aromatic nitrogens is 2. The van der Waals surface area contributed by atoms with Gasteiger partial charge in [0.05, 0.1) is 33.5 Å². The fraction of sp³-hybridized carbons (Fsp3) is 0.237. The molecule has 2 aliphatic heterocycles. The largest absolute Gasteiger partial charge is 0.457 e. The van der Waals surface area contributed by atoms with Crippen LogP contribution in [0.4, 0.5) is 22.7 Å². The molecule has 0 unspecified atom stereocenters. The predicted octanol–water partition coefficient (Wildman–Crippen LogP) is 25.2. The zero-order valence-electron chi connectivity index (χ0n) is 60.0. The number of benzene rings is 11. The highest BCUT2D eigenvalue weighted by Crippen LogP contribution is 2.63. The van der Waals surface area contributed by atoms with Crippen LogP contribution in [0, 0.1) is 0 Å². The van der Waals surface area contributed by atoms with E-state index in [2.05, 4.69) is 367 Å². The Hall–Kier alpha value is -10.4. The third-order valence-electron chi connectivity index (χ3n) is 21.1. The minimum absolute atomic E-state index is 0.0617. The van der Waals surface area contributed by atoms with Gasteiger partial charge >= 0.3 is 0 Å². The Morgan fingerprint density at radius 3 is 1.57 bits per heavy atom. The van der Waals surface area contributed by atoms with Crippen LogP contribution in [0.25, 0.3) is 72.1 Å². The second-order valence-electron chi connectivity index (χ2n) is 32.9. The molecule has 0 N–H and O–H groups in total. The first-order chi connectivity index (χ1) is 47.2. The zero-order valence-corrected chi connectivity index (χ0v) is 60.0. The Kier molecular flexibility index (Phi) is 14.6. The zero-order chi connectivity index (χ0) is 68.9. The highest BCUT2D eigenvalue weighted by atomic mass is 16.5. The molecule has 3 aliphatic rings. The molecule has 6 nitrogen and oxygen atoms in total. The number of ether oxygens (including phenoxy) is 2. The molecule has 0 atom stereocenters. The van der Waals surface area contributed by atoms with Gasteiger partial charge in [-0.3, -0.25) is 4.57 Å². The van der Waals surface area contributed by atoms with Gasteiger partial charge < -0.3 is 19.3 Å². The Morgan fingerprint density at radius 2 is 0.909 bits per heavy atom. The van der Waals surface area contributed by atoms with Crippen molar-refractivity contribution in [3.05, 3.63) is 299 Å². The molecular formula is C93H88N4O2. The molecule has 99 heavy (non-hydrogen) atoms. The summed E-state index contributed by atoms with van der Waals surface area (Å²) in [5.74, 6) is 4.14. The third kappa shape index (κ3) is 10.6. The molecule has 0 saturated heterocycles. The lowest BCUT2D eigenvalue weighted by atomic mass is 9.66. The Labute approximate surface area is 585 Å². The first kappa shape index (κ1) is 63.3. The Balaban J connectivity index is 0.834. The molecular weight excluding hydrogens is 1210 g/mol. The molecule has 0 fully saturated rings. The fourth-order valence-electron chi connectivity index (χ4n) is 15.8. The SMILES string of the molecule is CC(C)(C)c1ccc(-c2cnc(-n3c4ccccc4c4ccc(Oc5cccc(N6CN(c7c(-c8cc(C(C)(C)C)cc(C(C)(C)C)c8)cc(C(C)(C)C)cc7-c7ccc8c(c7)-c7ccccc7C87c8ccccc8Oc8ccccc87)c7ccccc76)c5)cc43)cc2C(C)(C)C)cc1. The minimum atomic E-state index is -0.589. The standard InChI is InChI=1S/C93H88N4O2/c1-88(2,3)61-42-39-58(40-43-61)74-56-94-86(55-79(74)92(13,14)15)97-80-34-21-17-30-69(80)70-45-44-67(54-83(70)97)98-66-28-26-27-65(53-66)95-57-96(82-36-23-22-35-81(82)95)87-71(51-64(91(10,11)12)52-72(87)60-47-62(89(4,5)6)50-63(48-60)90(7,8)9)59-41-46-76-73(49-59)68-29-16-18-31-75(68)93(76)77-32-19-24-37-84(77)99-85-38-25-20-33-78(85)93/h16-56H,57H2,1-15H3. The maximum Gasteiger partial charge on any atom is 0.137 e. The maximum atomic E-state index is 7.10. The highest BCUT2D eigenvalue weighted by Gasteiger charge is 2.51. The summed E-state index contributed by atoms with van der Waals surface area (Å²) in [6.45, 7) is 35.4. The molecule has 0 radical (unpaired) electrons. The minimum Gasteiger partial charge on any atom is -0.457 e. The van der Waals surface area contributed by atoms with E-state index in [1.54, 1.807) is 0 Å². The lowest BCUT2D eigenvalue weighted by Gasteiger charge is -2.39. The number of anilines is 4. The van der Waals surface area contributed by atoms with Crippen LogP contribution < -0.4 is 19.3 Å². The van der Waals surface area contributed by atoms with Crippen molar-refractivity contribution in [3.8, 4) is 73.3 Å². The van der Waals surface area contributed by atoms with Crippen molar-refractivity contribution < 1.29 is 9.47 Å². The van der Waals surface area contributed by atoms with Gasteiger partial charge in [-0.2, -0.15) is 0 Å². The summed E-state index contributed by atoms with van der Waals surface area (Å²) in [6.07, 6.45) is 2.08. The number of para-hydroxylation sites is 5. The summed E-state index contributed by atoms with van der Waals surface area (Å²) in [5.41, 5.74) is 26.3. The average Bonchev–Trinajstić information content (AvgIpc) is 1.56. The van der Waals surface area contributed by atoms with E-state index >= 15 is 0 Å². The first-order valence-corrected chi connectivity index (χ1v) is 35.3. The van der Waals surface area contributed by atoms with Crippen molar-refractivity contribution in [2.75, 3.05) is 16.5 Å². The summed E-state index contributed by atoms with van der Waals surface area (Å²) in [5, 5.41) is 2.30. The number of hydrogen-bond acceptors (Lipinski definition) is 5. The van der Waals surface area contributed by atoms with Gasteiger partial charge in [0.15, 0.2) is 0 Å². The van der Waals surface area contributed by atoms with E-state index in [9.17, 15) is 0 Å². The Morgan fingerprint density at radius 1 is 0.364 bits per heavy atom. The number of rotatable bonds is 8. The van der Waals surface area contributed by atoms with Gasteiger partial charge in [0.25, 0.3) is 0 Å². The van der Waals surface area contributed by atoms with Gasteiger partial charge in [0, 0.05) is 62.6 Å². The summed E-state index contributed by atoms with van der Waals surface area (Å²) in [4.78, 5) is 10.4. The quantitative estimate of drug-likeness (QED) is 0.152. The van der Waals surface area contributed by atoms with E-state index in [1.807, 2.05) is 0 Å². The lowest BCUT2D eigenvalue weighted by molar-refractivity contribution is 0.436. The molecule has 1 spiro atoms. The van der Waals surface area contributed by atoms with Crippen molar-refractivity contribution in [2.45, 2.75) is 136 Å². The molecule has 2 aromatic heterocycles. The first-order valence-electron chi connectivity index (χ1n) is 35.3. The smallest absolute Gasteiger partial charge is 0.137 e. The summed E-state index contributed by atoms with van der Waals surface area (Å²) in [7, 11) is 0. The van der Waals surface area contributed by atoms with Crippen LogP contribution >= 0.6 is 0 Å². The van der Waals surface area contributed by atoms with Crippen molar-refractivity contribution in [2.24, 2.45) is 0 Å². The van der Waals surface area contributed by atoms with E-state index < -0.39 is 5.41 Å². The maximum absolute atomic E-state index is 7.10. The molecule has 13 aromatic rings. The number of pyridine rings is 1. The number of fused-ring (bicyclic) bond motifs is 13. The van der Waals surface area contributed by atoms with E-state index in [0.29, 0.717) is 6.67 Å². The molecule has 6 heteroatoms. The van der Waals surface area contributed by atoms with Crippen molar-refractivity contribution in [1.82, 2.24) is 9.55 Å². The molecule has 492 valence electrons. The summed E-state index contributed by atoms with van der Waals surface area (Å²) in [6, 6.07) is 90.3. The van der Waals surface area contributed by atoms with E-state index in [1.165, 1.54) is 72.3 Å². The predicted molar refractivity (Wildman–Crippen MR) is 414 cm³/mol. The second-order valence-corrected chi connectivity index (χ2v) is 32.9. The Bertz CT molecular complexity index is 5320. The van der Waals surface area contributed by atoms with Gasteiger partial charge in [-0.05, 0) is 173 Å².